The van der Waals surface area contributed by atoms with Crippen LogP contribution in [0, 0.1) is 0 Å². The second kappa shape index (κ2) is 14.8. The molecule has 0 spiro atoms. The van der Waals surface area contributed by atoms with Crippen LogP contribution < -0.4 is 0 Å². The third-order valence-corrected chi connectivity index (χ3v) is 10.2. The maximum atomic E-state index is 7.00. The lowest BCUT2D eigenvalue weighted by Crippen LogP contribution is -2.68. The second-order valence-corrected chi connectivity index (χ2v) is 13.4. The molecule has 0 amide bonds. The molecule has 0 radical (unpaired) electrons. The Morgan fingerprint density at radius 1 is 0.682 bits per heavy atom. The maximum Gasteiger partial charge on any atom is 0.247 e. The molecular weight excluding hydrogens is 572 g/mol. The van der Waals surface area contributed by atoms with Gasteiger partial charge in [-0.25, -0.2) is 0 Å². The fourth-order valence-electron chi connectivity index (χ4n) is 5.96. The molecule has 0 N–H and O–H groups in total. The molecule has 0 aliphatic carbocycles. The Morgan fingerprint density at radius 2 is 1.18 bits per heavy atom. The summed E-state index contributed by atoms with van der Waals surface area (Å²) in [6, 6.07) is 40.8. The van der Waals surface area contributed by atoms with E-state index in [9.17, 15) is 0 Å². The Kier molecular flexibility index (Phi) is 10.5. The van der Waals surface area contributed by atoms with Gasteiger partial charge in [-0.05, 0) is 16.7 Å². The van der Waals surface area contributed by atoms with Crippen molar-refractivity contribution in [3.63, 3.8) is 0 Å². The summed E-state index contributed by atoms with van der Waals surface area (Å²) in [5.74, 6) is -0.244. The zero-order valence-corrected chi connectivity index (χ0v) is 26.1. The molecule has 4 aromatic rings. The average Bonchev–Trinajstić information content (AvgIpc) is 3.08. The number of fused-ring (bicyclic) bond motifs is 1. The van der Waals surface area contributed by atoms with Crippen molar-refractivity contribution < 1.29 is 28.4 Å². The highest BCUT2D eigenvalue weighted by molar-refractivity contribution is 7.96. The summed E-state index contributed by atoms with van der Waals surface area (Å²) in [5, 5.41) is 0. The van der Waals surface area contributed by atoms with Crippen molar-refractivity contribution in [3.05, 3.63) is 144 Å². The van der Waals surface area contributed by atoms with Gasteiger partial charge in [-0.15, -0.1) is 0 Å². The van der Waals surface area contributed by atoms with Gasteiger partial charge in [-0.1, -0.05) is 121 Å². The summed E-state index contributed by atoms with van der Waals surface area (Å²) in [4.78, 5) is 0. The van der Waals surface area contributed by atoms with Gasteiger partial charge in [0, 0.05) is 23.6 Å². The Hall–Kier alpha value is -3.01. The third kappa shape index (κ3) is 7.27. The van der Waals surface area contributed by atoms with Crippen molar-refractivity contribution in [1.29, 1.82) is 0 Å². The topological polar surface area (TPSA) is 55.4 Å². The van der Waals surface area contributed by atoms with Crippen molar-refractivity contribution in [1.82, 2.24) is 0 Å². The maximum absolute atomic E-state index is 7.00. The van der Waals surface area contributed by atoms with Gasteiger partial charge in [0.05, 0.1) is 26.4 Å². The van der Waals surface area contributed by atoms with E-state index in [-0.39, 0.29) is 22.4 Å². The van der Waals surface area contributed by atoms with E-state index in [1.807, 2.05) is 72.8 Å². The summed E-state index contributed by atoms with van der Waals surface area (Å²) in [5.41, 5.74) is 4.06. The zero-order valence-electron chi connectivity index (χ0n) is 25.3. The normalized spacial score (nSPS) is 28.3. The fraction of sp³-hybridized carbons (Fsp3) is 0.351. The first kappa shape index (κ1) is 31.0. The SMILES string of the molecule is CO[C@]1(c2ccccc2)C[S+](C)[C@@H]2O[C@H](COCc3ccccc3)[C@@H](OCc3ccccc3)[C@H](OCc3ccccc3)[C@H]2O1. The van der Waals surface area contributed by atoms with E-state index in [4.69, 9.17) is 28.4 Å². The second-order valence-electron chi connectivity index (χ2n) is 11.3. The van der Waals surface area contributed by atoms with E-state index >= 15 is 0 Å². The Balaban J connectivity index is 1.31. The Labute approximate surface area is 263 Å². The van der Waals surface area contributed by atoms with E-state index in [1.54, 1.807) is 7.11 Å². The van der Waals surface area contributed by atoms with Gasteiger partial charge in [0.15, 0.2) is 11.9 Å². The summed E-state index contributed by atoms with van der Waals surface area (Å²) in [6.07, 6.45) is 0.577. The number of benzene rings is 4. The van der Waals surface area contributed by atoms with Crippen LogP contribution in [0.5, 0.6) is 0 Å². The molecule has 7 heteroatoms. The van der Waals surface area contributed by atoms with Crippen molar-refractivity contribution in [3.8, 4) is 0 Å². The minimum absolute atomic E-state index is 0.204. The summed E-state index contributed by atoms with van der Waals surface area (Å²) < 4.78 is 39.9. The standard InChI is InChI=1S/C37H41O6S/c1-38-37(31-21-13-6-14-22-31)27-44(2)36-35(43-37)34(41-25-30-19-11-5-12-20-30)33(40-24-29-17-9-4-10-18-29)32(42-36)26-39-23-28-15-7-3-8-16-28/h3-22,32-36H,23-27H2,1-2H3/q+1/t32-,33-,34+,35-,36+,37-,44?/m1/s1. The Bertz CT molecular complexity index is 1410. The average molecular weight is 614 g/mol. The van der Waals surface area contributed by atoms with Crippen LogP contribution in [0.25, 0.3) is 0 Å². The minimum Gasteiger partial charge on any atom is -0.374 e. The van der Waals surface area contributed by atoms with E-state index < -0.39 is 24.1 Å². The lowest BCUT2D eigenvalue weighted by atomic mass is 9.97. The van der Waals surface area contributed by atoms with Gasteiger partial charge in [0.25, 0.3) is 0 Å². The fourth-order valence-corrected chi connectivity index (χ4v) is 8.07. The first-order valence-electron chi connectivity index (χ1n) is 15.1. The van der Waals surface area contributed by atoms with Gasteiger partial charge in [0.2, 0.25) is 11.2 Å². The molecule has 230 valence electrons. The molecular formula is C37H41O6S+. The minimum atomic E-state index is -0.918. The van der Waals surface area contributed by atoms with Crippen LogP contribution in [0.3, 0.4) is 0 Å². The van der Waals surface area contributed by atoms with Crippen LogP contribution in [0.2, 0.25) is 0 Å². The highest BCUT2D eigenvalue weighted by Crippen LogP contribution is 2.43. The predicted octanol–water partition coefficient (Wildman–Crippen LogP) is 6.25. The summed E-state index contributed by atoms with van der Waals surface area (Å²) >= 11 is 0. The molecule has 2 saturated heterocycles. The lowest BCUT2D eigenvalue weighted by Gasteiger charge is -2.50. The van der Waals surface area contributed by atoms with Crippen LogP contribution in [0.15, 0.2) is 121 Å². The van der Waals surface area contributed by atoms with Gasteiger partial charge in [-0.3, -0.25) is 0 Å². The Morgan fingerprint density at radius 3 is 1.73 bits per heavy atom. The molecule has 2 fully saturated rings. The van der Waals surface area contributed by atoms with Crippen LogP contribution >= 0.6 is 0 Å². The number of ether oxygens (including phenoxy) is 6. The summed E-state index contributed by atoms with van der Waals surface area (Å²) in [7, 11) is 1.49. The monoisotopic (exact) mass is 613 g/mol. The van der Waals surface area contributed by atoms with Crippen LogP contribution in [-0.2, 0) is 64.9 Å². The van der Waals surface area contributed by atoms with E-state index in [1.165, 1.54) is 0 Å². The molecule has 1 unspecified atom stereocenters. The van der Waals surface area contributed by atoms with Crippen LogP contribution in [-0.4, -0.2) is 55.6 Å². The molecule has 2 aliphatic heterocycles. The number of hydrogen-bond acceptors (Lipinski definition) is 6. The predicted molar refractivity (Wildman–Crippen MR) is 173 cm³/mol. The molecule has 2 aliphatic rings. The molecule has 6 rings (SSSR count). The van der Waals surface area contributed by atoms with E-state index in [2.05, 4.69) is 54.8 Å². The van der Waals surface area contributed by atoms with Crippen molar-refractivity contribution >= 4 is 10.9 Å². The first-order valence-corrected chi connectivity index (χ1v) is 17.0. The molecule has 0 aromatic heterocycles. The zero-order chi connectivity index (χ0) is 30.2. The van der Waals surface area contributed by atoms with Gasteiger partial charge in [0.1, 0.15) is 24.6 Å². The highest BCUT2D eigenvalue weighted by atomic mass is 32.2. The largest absolute Gasteiger partial charge is 0.374 e. The van der Waals surface area contributed by atoms with Gasteiger partial charge < -0.3 is 28.4 Å². The molecule has 7 atom stereocenters. The highest BCUT2D eigenvalue weighted by Gasteiger charge is 2.62. The van der Waals surface area contributed by atoms with E-state index in [0.29, 0.717) is 32.2 Å². The third-order valence-electron chi connectivity index (χ3n) is 8.24. The number of hydrogen-bond donors (Lipinski definition) is 0. The first-order chi connectivity index (χ1) is 21.6. The van der Waals surface area contributed by atoms with Crippen molar-refractivity contribution in [2.45, 2.75) is 55.5 Å². The molecule has 4 aromatic carbocycles. The van der Waals surface area contributed by atoms with Crippen LogP contribution in [0.4, 0.5) is 0 Å². The quantitative estimate of drug-likeness (QED) is 0.176. The molecule has 44 heavy (non-hydrogen) atoms. The van der Waals surface area contributed by atoms with Crippen molar-refractivity contribution in [2.24, 2.45) is 0 Å². The van der Waals surface area contributed by atoms with Gasteiger partial charge in [-0.2, -0.15) is 0 Å². The van der Waals surface area contributed by atoms with Crippen LogP contribution in [0.1, 0.15) is 22.3 Å². The van der Waals surface area contributed by atoms with E-state index in [0.717, 1.165) is 22.3 Å². The lowest BCUT2D eigenvalue weighted by molar-refractivity contribution is -0.322. The van der Waals surface area contributed by atoms with Crippen molar-refractivity contribution in [2.75, 3.05) is 25.7 Å². The molecule has 0 saturated carbocycles. The molecule has 0 bridgehead atoms. The molecule has 2 heterocycles. The summed E-state index contributed by atoms with van der Waals surface area (Å²) in [6.45, 7) is 1.70. The number of rotatable bonds is 12. The smallest absolute Gasteiger partial charge is 0.247 e. The molecule has 6 nitrogen and oxygen atoms in total. The number of methoxy groups -OCH3 is 1. The van der Waals surface area contributed by atoms with Gasteiger partial charge >= 0.3 is 0 Å².